The van der Waals surface area contributed by atoms with Crippen molar-refractivity contribution in [2.75, 3.05) is 16.2 Å². The minimum atomic E-state index is -4.21. The number of sulfonamides is 1. The van der Waals surface area contributed by atoms with E-state index in [9.17, 15) is 23.3 Å². The number of carbonyl (C=O) groups is 1. The van der Waals surface area contributed by atoms with Crippen molar-refractivity contribution in [1.29, 1.82) is 0 Å². The lowest BCUT2D eigenvalue weighted by molar-refractivity contribution is -0.387. The number of hydrogen-bond donors (Lipinski definition) is 1. The maximum absolute atomic E-state index is 12.8. The van der Waals surface area contributed by atoms with Crippen LogP contribution in [0.15, 0.2) is 59.5 Å². The van der Waals surface area contributed by atoms with Crippen LogP contribution in [0, 0.1) is 10.1 Å². The first-order valence-electron chi connectivity index (χ1n) is 8.49. The number of nitro benzene ring substituents is 1. The van der Waals surface area contributed by atoms with Gasteiger partial charge in [0.1, 0.15) is 0 Å². The number of rotatable bonds is 5. The summed E-state index contributed by atoms with van der Waals surface area (Å²) < 4.78 is 28.1. The fraction of sp³-hybridized carbons (Fsp3) is 0.105. The third kappa shape index (κ3) is 2.59. The Balaban J connectivity index is 1.86. The van der Waals surface area contributed by atoms with Gasteiger partial charge in [0.05, 0.1) is 16.3 Å². The second-order valence-corrected chi connectivity index (χ2v) is 7.89. The molecule has 8 nitrogen and oxygen atoms in total. The van der Waals surface area contributed by atoms with E-state index in [0.717, 1.165) is 6.07 Å². The van der Waals surface area contributed by atoms with Crippen LogP contribution in [-0.4, -0.2) is 25.8 Å². The van der Waals surface area contributed by atoms with E-state index in [1.165, 1.54) is 18.2 Å². The first-order valence-corrected chi connectivity index (χ1v) is 9.97. The quantitative estimate of drug-likeness (QED) is 0.523. The van der Waals surface area contributed by atoms with Crippen LogP contribution >= 0.6 is 0 Å². The lowest BCUT2D eigenvalue weighted by Gasteiger charge is -2.16. The number of nitro groups is 1. The summed E-state index contributed by atoms with van der Waals surface area (Å²) in [5.74, 6) is -0.137. The maximum atomic E-state index is 12.8. The maximum Gasteiger partial charge on any atom is 0.289 e. The normalized spacial score (nSPS) is 13.2. The van der Waals surface area contributed by atoms with Gasteiger partial charge < -0.3 is 4.90 Å². The molecule has 0 saturated heterocycles. The van der Waals surface area contributed by atoms with Crippen LogP contribution in [0.4, 0.5) is 17.1 Å². The molecule has 0 atom stereocenters. The Morgan fingerprint density at radius 2 is 1.82 bits per heavy atom. The van der Waals surface area contributed by atoms with E-state index in [4.69, 9.17) is 0 Å². The van der Waals surface area contributed by atoms with Gasteiger partial charge >= 0.3 is 0 Å². The monoisotopic (exact) mass is 397 g/mol. The smallest absolute Gasteiger partial charge is 0.289 e. The van der Waals surface area contributed by atoms with Crippen LogP contribution in [0.1, 0.15) is 17.3 Å². The number of hydrogen-bond acceptors (Lipinski definition) is 5. The Kier molecular flexibility index (Phi) is 4.04. The topological polar surface area (TPSA) is 110 Å². The molecule has 1 amide bonds. The number of para-hydroxylation sites is 1. The second kappa shape index (κ2) is 6.31. The molecule has 3 aromatic carbocycles. The summed E-state index contributed by atoms with van der Waals surface area (Å²) in [7, 11) is -4.21. The largest absolute Gasteiger partial charge is 0.308 e. The molecule has 1 aliphatic heterocycles. The van der Waals surface area contributed by atoms with Crippen molar-refractivity contribution < 1.29 is 18.1 Å². The Morgan fingerprint density at radius 3 is 2.54 bits per heavy atom. The Labute approximate surface area is 160 Å². The first-order chi connectivity index (χ1) is 13.3. The number of nitrogens with one attached hydrogen (secondary N) is 1. The molecule has 4 rings (SSSR count). The number of benzene rings is 3. The van der Waals surface area contributed by atoms with Gasteiger partial charge in [-0.15, -0.1) is 0 Å². The zero-order valence-electron chi connectivity index (χ0n) is 14.7. The minimum absolute atomic E-state index is 0.137. The van der Waals surface area contributed by atoms with Crippen LogP contribution in [0.3, 0.4) is 0 Å². The molecule has 1 heterocycles. The molecule has 9 heteroatoms. The molecule has 0 aromatic heterocycles. The van der Waals surface area contributed by atoms with E-state index >= 15 is 0 Å². The summed E-state index contributed by atoms with van der Waals surface area (Å²) >= 11 is 0. The molecule has 0 unspecified atom stereocenters. The van der Waals surface area contributed by atoms with Crippen molar-refractivity contribution in [2.24, 2.45) is 0 Å². The number of carbonyl (C=O) groups excluding carboxylic acids is 1. The van der Waals surface area contributed by atoms with Crippen molar-refractivity contribution in [2.45, 2.75) is 11.8 Å². The van der Waals surface area contributed by atoms with Crippen LogP contribution in [0.5, 0.6) is 0 Å². The second-order valence-electron chi connectivity index (χ2n) is 6.24. The molecule has 1 N–H and O–H groups in total. The molecule has 3 aromatic rings. The molecule has 0 radical (unpaired) electrons. The summed E-state index contributed by atoms with van der Waals surface area (Å²) in [5, 5.41) is 12.4. The van der Waals surface area contributed by atoms with Gasteiger partial charge in [-0.25, -0.2) is 8.42 Å². The van der Waals surface area contributed by atoms with Gasteiger partial charge in [-0.05, 0) is 31.2 Å². The summed E-state index contributed by atoms with van der Waals surface area (Å²) in [6.45, 7) is 2.35. The zero-order valence-corrected chi connectivity index (χ0v) is 15.6. The van der Waals surface area contributed by atoms with Gasteiger partial charge in [-0.1, -0.05) is 24.3 Å². The van der Waals surface area contributed by atoms with Gasteiger partial charge in [-0.2, -0.15) is 0 Å². The predicted octanol–water partition coefficient (Wildman–Crippen LogP) is 3.53. The Morgan fingerprint density at radius 1 is 1.07 bits per heavy atom. The van der Waals surface area contributed by atoms with Crippen LogP contribution in [0.2, 0.25) is 0 Å². The third-order valence-corrected chi connectivity index (χ3v) is 6.11. The molecule has 1 aliphatic rings. The minimum Gasteiger partial charge on any atom is -0.308 e. The van der Waals surface area contributed by atoms with E-state index in [-0.39, 0.29) is 11.6 Å². The standard InChI is InChI=1S/C19H15N3O5S/c1-2-21-16-11-10-14(12-6-5-7-13(18(12)16)19(21)23)20-28(26,27)17-9-4-3-8-15(17)22(24)25/h3-11,20H,2H2,1H3. The summed E-state index contributed by atoms with van der Waals surface area (Å²) in [6.07, 6.45) is 0. The highest BCUT2D eigenvalue weighted by Crippen LogP contribution is 2.41. The average Bonchev–Trinajstić information content (AvgIpc) is 2.96. The molecule has 28 heavy (non-hydrogen) atoms. The summed E-state index contributed by atoms with van der Waals surface area (Å²) in [4.78, 5) is 24.2. The van der Waals surface area contributed by atoms with E-state index in [2.05, 4.69) is 4.72 Å². The van der Waals surface area contributed by atoms with Gasteiger partial charge in [0.15, 0.2) is 4.90 Å². The van der Waals surface area contributed by atoms with Gasteiger partial charge in [0.2, 0.25) is 0 Å². The van der Waals surface area contributed by atoms with Gasteiger partial charge in [0.25, 0.3) is 21.6 Å². The van der Waals surface area contributed by atoms with E-state index in [0.29, 0.717) is 28.6 Å². The molecule has 0 saturated carbocycles. The fourth-order valence-corrected chi connectivity index (χ4v) is 4.74. The number of anilines is 2. The molecule has 0 fully saturated rings. The molecule has 0 bridgehead atoms. The first kappa shape index (κ1) is 17.9. The van der Waals surface area contributed by atoms with Gasteiger partial charge in [0, 0.05) is 28.9 Å². The van der Waals surface area contributed by atoms with Crippen molar-refractivity contribution in [1.82, 2.24) is 0 Å². The van der Waals surface area contributed by atoms with Crippen molar-refractivity contribution in [3.63, 3.8) is 0 Å². The number of amides is 1. The predicted molar refractivity (Wildman–Crippen MR) is 105 cm³/mol. The lowest BCUT2D eigenvalue weighted by Crippen LogP contribution is -2.25. The number of nitrogens with zero attached hydrogens (tertiary/aromatic N) is 2. The van der Waals surface area contributed by atoms with Gasteiger partial charge in [-0.3, -0.25) is 19.6 Å². The average molecular weight is 397 g/mol. The summed E-state index contributed by atoms with van der Waals surface area (Å²) in [6, 6.07) is 13.5. The molecular formula is C19H15N3O5S. The molecule has 0 spiro atoms. The third-order valence-electron chi connectivity index (χ3n) is 4.70. The van der Waals surface area contributed by atoms with Crippen LogP contribution < -0.4 is 9.62 Å². The van der Waals surface area contributed by atoms with E-state index in [1.807, 2.05) is 6.92 Å². The highest BCUT2D eigenvalue weighted by atomic mass is 32.2. The van der Waals surface area contributed by atoms with Crippen molar-refractivity contribution in [3.05, 3.63) is 70.3 Å². The van der Waals surface area contributed by atoms with Crippen LogP contribution in [-0.2, 0) is 10.0 Å². The summed E-state index contributed by atoms with van der Waals surface area (Å²) in [5.41, 5.74) is 0.964. The van der Waals surface area contributed by atoms with Crippen molar-refractivity contribution in [3.8, 4) is 0 Å². The zero-order chi connectivity index (χ0) is 20.1. The van der Waals surface area contributed by atoms with Crippen molar-refractivity contribution >= 4 is 43.8 Å². The lowest BCUT2D eigenvalue weighted by atomic mass is 10.0. The van der Waals surface area contributed by atoms with Crippen LogP contribution in [0.25, 0.3) is 10.8 Å². The highest BCUT2D eigenvalue weighted by molar-refractivity contribution is 7.92. The van der Waals surface area contributed by atoms with E-state index < -0.39 is 25.5 Å². The fourth-order valence-electron chi connectivity index (χ4n) is 3.48. The molecular weight excluding hydrogens is 382 g/mol. The molecule has 0 aliphatic carbocycles. The SMILES string of the molecule is CCN1C(=O)c2cccc3c(NS(=O)(=O)c4ccccc4[N+](=O)[O-])ccc1c23. The Bertz CT molecular complexity index is 1250. The highest BCUT2D eigenvalue weighted by Gasteiger charge is 2.31. The molecule has 142 valence electrons. The van der Waals surface area contributed by atoms with E-state index in [1.54, 1.807) is 35.2 Å². The Hall–Kier alpha value is -3.46.